The lowest BCUT2D eigenvalue weighted by molar-refractivity contribution is -0.124. The molecule has 0 unspecified atom stereocenters. The highest BCUT2D eigenvalue weighted by molar-refractivity contribution is 5.98. The Kier molecular flexibility index (Phi) is 6.12. The summed E-state index contributed by atoms with van der Waals surface area (Å²) in [4.78, 5) is 24.0. The van der Waals surface area contributed by atoms with E-state index in [1.807, 2.05) is 30.3 Å². The van der Waals surface area contributed by atoms with E-state index in [0.717, 1.165) is 12.0 Å². The van der Waals surface area contributed by atoms with Crippen molar-refractivity contribution in [1.82, 2.24) is 10.5 Å². The van der Waals surface area contributed by atoms with E-state index in [9.17, 15) is 9.59 Å². The molecular formula is C18H22N2O4. The van der Waals surface area contributed by atoms with Crippen LogP contribution in [0.3, 0.4) is 0 Å². The summed E-state index contributed by atoms with van der Waals surface area (Å²) in [6.07, 6.45) is 0.878. The van der Waals surface area contributed by atoms with Gasteiger partial charge < -0.3 is 14.6 Å². The van der Waals surface area contributed by atoms with E-state index in [1.54, 1.807) is 6.92 Å². The fraction of sp³-hybridized carbons (Fsp3) is 0.389. The van der Waals surface area contributed by atoms with Gasteiger partial charge in [0.1, 0.15) is 17.0 Å². The average molecular weight is 330 g/mol. The van der Waals surface area contributed by atoms with Crippen LogP contribution in [0.25, 0.3) is 11.3 Å². The lowest BCUT2D eigenvalue weighted by Crippen LogP contribution is -2.30. The smallest absolute Gasteiger partial charge is 0.344 e. The molecule has 6 heteroatoms. The number of ether oxygens (including phenoxy) is 1. The SMILES string of the molecule is Cc1onc(-c2ccccc2)c1C(=O)OCC(=O)NCCC(C)C. The molecule has 0 atom stereocenters. The van der Waals surface area contributed by atoms with Gasteiger partial charge in [-0.05, 0) is 19.3 Å². The zero-order valence-corrected chi connectivity index (χ0v) is 14.2. The van der Waals surface area contributed by atoms with Crippen LogP contribution in [0, 0.1) is 12.8 Å². The third-order valence-corrected chi connectivity index (χ3v) is 3.49. The molecule has 0 fully saturated rings. The van der Waals surface area contributed by atoms with Crippen molar-refractivity contribution >= 4 is 11.9 Å². The summed E-state index contributed by atoms with van der Waals surface area (Å²) in [7, 11) is 0. The van der Waals surface area contributed by atoms with Crippen molar-refractivity contribution in [2.75, 3.05) is 13.2 Å². The molecule has 6 nitrogen and oxygen atoms in total. The Labute approximate surface area is 141 Å². The molecule has 0 aliphatic rings. The average Bonchev–Trinajstić information content (AvgIpc) is 2.95. The highest BCUT2D eigenvalue weighted by Gasteiger charge is 2.23. The molecule has 2 rings (SSSR count). The first-order chi connectivity index (χ1) is 11.5. The predicted octanol–water partition coefficient (Wildman–Crippen LogP) is 2.97. The van der Waals surface area contributed by atoms with Crippen molar-refractivity contribution in [2.24, 2.45) is 5.92 Å². The lowest BCUT2D eigenvalue weighted by Gasteiger charge is -2.08. The van der Waals surface area contributed by atoms with Gasteiger partial charge in [-0.1, -0.05) is 49.3 Å². The first-order valence-electron chi connectivity index (χ1n) is 7.94. The highest BCUT2D eigenvalue weighted by atomic mass is 16.5. The number of hydrogen-bond donors (Lipinski definition) is 1. The molecule has 0 radical (unpaired) electrons. The van der Waals surface area contributed by atoms with E-state index in [1.165, 1.54) is 0 Å². The van der Waals surface area contributed by atoms with Crippen molar-refractivity contribution in [1.29, 1.82) is 0 Å². The monoisotopic (exact) mass is 330 g/mol. The molecule has 1 N–H and O–H groups in total. The second-order valence-corrected chi connectivity index (χ2v) is 5.94. The van der Waals surface area contributed by atoms with Crippen molar-refractivity contribution in [2.45, 2.75) is 27.2 Å². The first-order valence-corrected chi connectivity index (χ1v) is 7.94. The van der Waals surface area contributed by atoms with Gasteiger partial charge in [-0.3, -0.25) is 4.79 Å². The van der Waals surface area contributed by atoms with Gasteiger partial charge in [-0.2, -0.15) is 0 Å². The van der Waals surface area contributed by atoms with Crippen LogP contribution in [0.2, 0.25) is 0 Å². The summed E-state index contributed by atoms with van der Waals surface area (Å²) in [6.45, 7) is 6.03. The quantitative estimate of drug-likeness (QED) is 0.789. The van der Waals surface area contributed by atoms with E-state index in [4.69, 9.17) is 9.26 Å². The van der Waals surface area contributed by atoms with Gasteiger partial charge in [-0.15, -0.1) is 0 Å². The summed E-state index contributed by atoms with van der Waals surface area (Å²) in [5.74, 6) is -0.0778. The molecule has 128 valence electrons. The number of amides is 1. The summed E-state index contributed by atoms with van der Waals surface area (Å²) >= 11 is 0. The molecule has 0 saturated heterocycles. The number of rotatable bonds is 7. The van der Waals surface area contributed by atoms with Crippen molar-refractivity contribution in [3.05, 3.63) is 41.7 Å². The minimum absolute atomic E-state index is 0.246. The van der Waals surface area contributed by atoms with Gasteiger partial charge in [0.2, 0.25) is 0 Å². The lowest BCUT2D eigenvalue weighted by atomic mass is 10.1. The second kappa shape index (κ2) is 8.29. The summed E-state index contributed by atoms with van der Waals surface area (Å²) < 4.78 is 10.2. The third-order valence-electron chi connectivity index (χ3n) is 3.49. The normalized spacial score (nSPS) is 10.7. The number of hydrogen-bond acceptors (Lipinski definition) is 5. The van der Waals surface area contributed by atoms with Crippen molar-refractivity contribution < 1.29 is 18.8 Å². The Morgan fingerprint density at radius 2 is 1.96 bits per heavy atom. The zero-order chi connectivity index (χ0) is 17.5. The fourth-order valence-corrected chi connectivity index (χ4v) is 2.16. The van der Waals surface area contributed by atoms with E-state index < -0.39 is 5.97 Å². The summed E-state index contributed by atoms with van der Waals surface area (Å²) in [5, 5.41) is 6.65. The van der Waals surface area contributed by atoms with Gasteiger partial charge in [0.05, 0.1) is 0 Å². The second-order valence-electron chi connectivity index (χ2n) is 5.94. The van der Waals surface area contributed by atoms with Crippen LogP contribution in [-0.4, -0.2) is 30.2 Å². The van der Waals surface area contributed by atoms with E-state index in [0.29, 0.717) is 23.9 Å². The number of esters is 1. The van der Waals surface area contributed by atoms with Crippen LogP contribution in [0.5, 0.6) is 0 Å². The van der Waals surface area contributed by atoms with Crippen LogP contribution in [0.4, 0.5) is 0 Å². The maximum Gasteiger partial charge on any atom is 0.344 e. The molecule has 1 amide bonds. The number of carbonyl (C=O) groups is 2. The van der Waals surface area contributed by atoms with Crippen LogP contribution in [0.15, 0.2) is 34.9 Å². The number of benzene rings is 1. The molecule has 0 aliphatic carbocycles. The minimum Gasteiger partial charge on any atom is -0.452 e. The van der Waals surface area contributed by atoms with Crippen LogP contribution >= 0.6 is 0 Å². The summed E-state index contributed by atoms with van der Waals surface area (Å²) in [5.41, 5.74) is 1.41. The number of nitrogens with zero attached hydrogens (tertiary/aromatic N) is 1. The first kappa shape index (κ1) is 17.7. The molecule has 1 aromatic carbocycles. The number of aryl methyl sites for hydroxylation is 1. The maximum atomic E-state index is 12.3. The largest absolute Gasteiger partial charge is 0.452 e. The van der Waals surface area contributed by atoms with Crippen LogP contribution < -0.4 is 5.32 Å². The Balaban J connectivity index is 1.98. The van der Waals surface area contributed by atoms with Crippen molar-refractivity contribution in [3.8, 4) is 11.3 Å². The topological polar surface area (TPSA) is 81.4 Å². The van der Waals surface area contributed by atoms with Gasteiger partial charge >= 0.3 is 5.97 Å². The molecule has 0 spiro atoms. The third kappa shape index (κ3) is 4.68. The van der Waals surface area contributed by atoms with Gasteiger partial charge in [0.15, 0.2) is 6.61 Å². The Hall–Kier alpha value is -2.63. The molecule has 0 saturated carbocycles. The van der Waals surface area contributed by atoms with Crippen LogP contribution in [-0.2, 0) is 9.53 Å². The maximum absolute atomic E-state index is 12.3. The fourth-order valence-electron chi connectivity index (χ4n) is 2.16. The van der Waals surface area contributed by atoms with Crippen LogP contribution in [0.1, 0.15) is 36.4 Å². The van der Waals surface area contributed by atoms with E-state index in [-0.39, 0.29) is 18.1 Å². The Morgan fingerprint density at radius 3 is 2.62 bits per heavy atom. The van der Waals surface area contributed by atoms with Gasteiger partial charge in [-0.25, -0.2) is 4.79 Å². The molecule has 1 heterocycles. The zero-order valence-electron chi connectivity index (χ0n) is 14.2. The molecule has 1 aromatic heterocycles. The summed E-state index contributed by atoms with van der Waals surface area (Å²) in [6, 6.07) is 9.21. The molecule has 2 aromatic rings. The predicted molar refractivity (Wildman–Crippen MR) is 89.4 cm³/mol. The Bertz CT molecular complexity index is 692. The molecule has 0 bridgehead atoms. The van der Waals surface area contributed by atoms with E-state index in [2.05, 4.69) is 24.3 Å². The van der Waals surface area contributed by atoms with Crippen molar-refractivity contribution in [3.63, 3.8) is 0 Å². The Morgan fingerprint density at radius 1 is 1.25 bits per heavy atom. The molecule has 24 heavy (non-hydrogen) atoms. The minimum atomic E-state index is -0.619. The standard InChI is InChI=1S/C18H22N2O4/c1-12(2)9-10-19-15(21)11-23-18(22)16-13(3)24-20-17(16)14-7-5-4-6-8-14/h4-8,12H,9-11H2,1-3H3,(H,19,21). The van der Waals surface area contributed by atoms with Gasteiger partial charge in [0.25, 0.3) is 5.91 Å². The van der Waals surface area contributed by atoms with Gasteiger partial charge in [0, 0.05) is 12.1 Å². The number of nitrogens with one attached hydrogen (secondary N) is 1. The number of aromatic nitrogens is 1. The molecular weight excluding hydrogens is 308 g/mol. The number of carbonyl (C=O) groups excluding carboxylic acids is 2. The highest BCUT2D eigenvalue weighted by Crippen LogP contribution is 2.25. The molecule has 0 aliphatic heterocycles. The van der Waals surface area contributed by atoms with E-state index >= 15 is 0 Å².